The molecule has 0 atom stereocenters. The van der Waals surface area contributed by atoms with Gasteiger partial charge in [0, 0.05) is 101 Å². The van der Waals surface area contributed by atoms with Gasteiger partial charge in [-0.2, -0.15) is 0 Å². The van der Waals surface area contributed by atoms with Gasteiger partial charge < -0.3 is 0 Å². The summed E-state index contributed by atoms with van der Waals surface area (Å²) in [6.45, 7) is 0. The summed E-state index contributed by atoms with van der Waals surface area (Å²) in [4.78, 5) is 0. The number of hydrogen-bond acceptors (Lipinski definition) is 0. The van der Waals surface area contributed by atoms with E-state index in [-0.39, 0.29) is 101 Å². The minimum Gasteiger partial charge on any atom is 0 e. The fourth-order valence-corrected chi connectivity index (χ4v) is 0. The third-order valence-electron chi connectivity index (χ3n) is 0. The summed E-state index contributed by atoms with van der Waals surface area (Å²) in [5, 5.41) is 0. The second-order valence-corrected chi connectivity index (χ2v) is 0. The topological polar surface area (TPSA) is 0 Å². The summed E-state index contributed by atoms with van der Waals surface area (Å²) >= 11 is 0. The van der Waals surface area contributed by atoms with E-state index in [0.29, 0.717) is 0 Å². The zero-order valence-corrected chi connectivity index (χ0v) is 15.2. The van der Waals surface area contributed by atoms with Gasteiger partial charge in [0.05, 0.1) is 0 Å². The molecule has 7 valence electrons. The zero-order chi connectivity index (χ0) is 0. The Morgan fingerprint density at radius 3 is 0.500 bits per heavy atom. The van der Waals surface area contributed by atoms with Crippen LogP contribution >= 0.6 is 0 Å². The van der Waals surface area contributed by atoms with Crippen molar-refractivity contribution in [1.82, 2.24) is 0 Å². The van der Waals surface area contributed by atoms with E-state index in [4.69, 9.17) is 0 Å². The minimum absolute atomic E-state index is 0. The van der Waals surface area contributed by atoms with Gasteiger partial charge in [0.15, 0.2) is 0 Å². The molecule has 4 heavy (non-hydrogen) atoms. The molecule has 0 rings (SSSR count). The molecule has 0 heterocycles. The van der Waals surface area contributed by atoms with Gasteiger partial charge in [-0.3, -0.25) is 0 Å². The van der Waals surface area contributed by atoms with Gasteiger partial charge in [0.1, 0.15) is 0 Å². The van der Waals surface area contributed by atoms with E-state index in [0.717, 1.165) is 0 Å². The Labute approximate surface area is 98.5 Å². The van der Waals surface area contributed by atoms with Gasteiger partial charge in [-0.05, 0) is 0 Å². The third kappa shape index (κ3) is 9.03. The first-order valence-electron chi connectivity index (χ1n) is 0. The normalized spacial score (nSPS) is 0. The molecule has 0 spiro atoms. The maximum atomic E-state index is 0. The van der Waals surface area contributed by atoms with Gasteiger partial charge in [-0.25, -0.2) is 0 Å². The van der Waals surface area contributed by atoms with Crippen LogP contribution in [0.25, 0.3) is 0 Å². The molecular formula is Cd3Li. The molecule has 0 amide bonds. The van der Waals surface area contributed by atoms with Crippen molar-refractivity contribution in [2.45, 2.75) is 0 Å². The average molecular weight is 344 g/mol. The van der Waals surface area contributed by atoms with Crippen LogP contribution in [0.4, 0.5) is 0 Å². The van der Waals surface area contributed by atoms with Crippen molar-refractivity contribution in [2.75, 3.05) is 0 Å². The van der Waals surface area contributed by atoms with Crippen molar-refractivity contribution in [3.8, 4) is 0 Å². The summed E-state index contributed by atoms with van der Waals surface area (Å²) in [5.74, 6) is 0. The standard InChI is InChI=1S/3Cd.Li. The van der Waals surface area contributed by atoms with Crippen LogP contribution in [0, 0.1) is 0 Å². The molecule has 0 aromatic rings. The van der Waals surface area contributed by atoms with Crippen LogP contribution in [0.15, 0.2) is 0 Å². The molecule has 0 N–H and O–H groups in total. The molecule has 0 bridgehead atoms. The van der Waals surface area contributed by atoms with Crippen LogP contribution in [0.2, 0.25) is 0 Å². The molecule has 0 fully saturated rings. The quantitative estimate of drug-likeness (QED) is 0.526. The molecule has 0 aromatic heterocycles. The Bertz CT molecular complexity index is 3.25. The van der Waals surface area contributed by atoms with Crippen molar-refractivity contribution in [3.05, 3.63) is 0 Å². The van der Waals surface area contributed by atoms with Crippen molar-refractivity contribution >= 4 is 18.9 Å². The second kappa shape index (κ2) is 16.2. The van der Waals surface area contributed by atoms with Crippen LogP contribution in [0.3, 0.4) is 0 Å². The van der Waals surface area contributed by atoms with E-state index >= 15 is 0 Å². The molecule has 1 radical (unpaired) electrons. The molecule has 0 saturated carbocycles. The van der Waals surface area contributed by atoms with E-state index in [1.165, 1.54) is 0 Å². The molecule has 0 nitrogen and oxygen atoms in total. The van der Waals surface area contributed by atoms with E-state index in [1.54, 1.807) is 0 Å². The van der Waals surface area contributed by atoms with E-state index in [9.17, 15) is 0 Å². The smallest absolute Gasteiger partial charge is 0 e. The van der Waals surface area contributed by atoms with Gasteiger partial charge in [0.2, 0.25) is 0 Å². The summed E-state index contributed by atoms with van der Waals surface area (Å²) in [7, 11) is 0. The zero-order valence-electron chi connectivity index (χ0n) is 3.12. The first kappa shape index (κ1) is 26.4. The minimum atomic E-state index is 0. The van der Waals surface area contributed by atoms with E-state index in [2.05, 4.69) is 0 Å². The molecule has 0 aliphatic heterocycles. The predicted molar refractivity (Wildman–Crippen MR) is 5.75 cm³/mol. The Hall–Kier alpha value is 3.36. The first-order chi connectivity index (χ1) is 0. The Morgan fingerprint density at radius 1 is 0.500 bits per heavy atom. The summed E-state index contributed by atoms with van der Waals surface area (Å²) in [6.07, 6.45) is 0. The van der Waals surface area contributed by atoms with Crippen LogP contribution in [-0.4, -0.2) is 18.9 Å². The molecule has 0 unspecified atom stereocenters. The molecule has 4 heteroatoms. The van der Waals surface area contributed by atoms with Crippen molar-refractivity contribution in [2.24, 2.45) is 0 Å². The largest absolute Gasteiger partial charge is 0 e. The third-order valence-corrected chi connectivity index (χ3v) is 0. The first-order valence-corrected chi connectivity index (χ1v) is 0. The number of rotatable bonds is 0. The second-order valence-electron chi connectivity index (χ2n) is 0. The molecule has 0 aromatic carbocycles. The van der Waals surface area contributed by atoms with Gasteiger partial charge in [0.25, 0.3) is 0 Å². The average Bonchev–Trinajstić information content (AvgIpc) is 0. The maximum Gasteiger partial charge on any atom is 0 e. The van der Waals surface area contributed by atoms with Crippen LogP contribution in [0.5, 0.6) is 0 Å². The molecular weight excluding hydrogens is 344 g/mol. The SMILES string of the molecule is [Cd].[Cd].[Cd].[Li]. The van der Waals surface area contributed by atoms with Gasteiger partial charge in [-0.1, -0.05) is 0 Å². The summed E-state index contributed by atoms with van der Waals surface area (Å²) in [5.41, 5.74) is 0. The fourth-order valence-electron chi connectivity index (χ4n) is 0. The molecule has 0 aliphatic rings. The number of hydrogen-bond donors (Lipinski definition) is 0. The van der Waals surface area contributed by atoms with Crippen molar-refractivity contribution < 1.29 is 81.9 Å². The fraction of sp³-hybridized carbons (Fsp3) is 0. The molecule has 0 saturated heterocycles. The monoisotopic (exact) mass is 349 g/mol. The van der Waals surface area contributed by atoms with Crippen molar-refractivity contribution in [1.29, 1.82) is 0 Å². The Morgan fingerprint density at radius 2 is 0.500 bits per heavy atom. The van der Waals surface area contributed by atoms with E-state index in [1.807, 2.05) is 0 Å². The van der Waals surface area contributed by atoms with Gasteiger partial charge in [-0.15, -0.1) is 0 Å². The van der Waals surface area contributed by atoms with Crippen molar-refractivity contribution in [3.63, 3.8) is 0 Å². The summed E-state index contributed by atoms with van der Waals surface area (Å²) in [6, 6.07) is 0. The van der Waals surface area contributed by atoms with Crippen LogP contribution < -0.4 is 0 Å². The predicted octanol–water partition coefficient (Wildman–Crippen LogP) is -0.388. The Kier molecular flexibility index (Phi) is 107. The maximum absolute atomic E-state index is 0. The molecule has 0 aliphatic carbocycles. The van der Waals surface area contributed by atoms with Gasteiger partial charge >= 0.3 is 0 Å². The van der Waals surface area contributed by atoms with E-state index < -0.39 is 0 Å². The van der Waals surface area contributed by atoms with Crippen LogP contribution in [-0.2, 0) is 81.9 Å². The Balaban J connectivity index is 0. The van der Waals surface area contributed by atoms with Crippen LogP contribution in [0.1, 0.15) is 0 Å². The summed E-state index contributed by atoms with van der Waals surface area (Å²) < 4.78 is 0.